The average molecular weight is 169 g/mol. The Morgan fingerprint density at radius 1 is 1.75 bits per heavy atom. The minimum Gasteiger partial charge on any atom is -0.475 e. The van der Waals surface area contributed by atoms with Crippen LogP contribution in [0.15, 0.2) is 10.5 Å². The van der Waals surface area contributed by atoms with Crippen molar-refractivity contribution >= 4 is 5.97 Å². The lowest BCUT2D eigenvalue weighted by molar-refractivity contribution is 0.0659. The van der Waals surface area contributed by atoms with Crippen molar-refractivity contribution in [3.63, 3.8) is 0 Å². The molecule has 0 fully saturated rings. The highest BCUT2D eigenvalue weighted by Gasteiger charge is 2.14. The van der Waals surface area contributed by atoms with Gasteiger partial charge in [0.25, 0.3) is 0 Å². The van der Waals surface area contributed by atoms with E-state index < -0.39 is 5.97 Å². The smallest absolute Gasteiger partial charge is 0.372 e. The van der Waals surface area contributed by atoms with Crippen LogP contribution in [0.1, 0.15) is 28.8 Å². The van der Waals surface area contributed by atoms with E-state index in [4.69, 9.17) is 15.3 Å². The SMILES string of the molecule is CCc1cc(CN)oc1C(=O)O. The number of nitrogens with two attached hydrogens (primary N) is 1. The highest BCUT2D eigenvalue weighted by atomic mass is 16.4. The summed E-state index contributed by atoms with van der Waals surface area (Å²) in [5, 5.41) is 8.67. The third-order valence-corrected chi connectivity index (χ3v) is 1.64. The van der Waals surface area contributed by atoms with Gasteiger partial charge in [0.15, 0.2) is 0 Å². The maximum Gasteiger partial charge on any atom is 0.372 e. The van der Waals surface area contributed by atoms with E-state index in [-0.39, 0.29) is 12.3 Å². The summed E-state index contributed by atoms with van der Waals surface area (Å²) in [5.74, 6) is -0.506. The van der Waals surface area contributed by atoms with Gasteiger partial charge in [-0.25, -0.2) is 4.79 Å². The molecule has 0 saturated heterocycles. The fraction of sp³-hybridized carbons (Fsp3) is 0.375. The van der Waals surface area contributed by atoms with Crippen molar-refractivity contribution in [2.75, 3.05) is 0 Å². The molecule has 0 aromatic carbocycles. The molecule has 0 amide bonds. The van der Waals surface area contributed by atoms with Crippen molar-refractivity contribution in [1.29, 1.82) is 0 Å². The van der Waals surface area contributed by atoms with Crippen molar-refractivity contribution < 1.29 is 14.3 Å². The highest BCUT2D eigenvalue weighted by molar-refractivity contribution is 5.86. The van der Waals surface area contributed by atoms with Gasteiger partial charge in [-0.05, 0) is 12.5 Å². The largest absolute Gasteiger partial charge is 0.475 e. The van der Waals surface area contributed by atoms with E-state index in [1.165, 1.54) is 0 Å². The second-order valence-corrected chi connectivity index (χ2v) is 2.43. The zero-order chi connectivity index (χ0) is 9.14. The molecule has 0 aliphatic rings. The Morgan fingerprint density at radius 3 is 2.75 bits per heavy atom. The Hall–Kier alpha value is -1.29. The van der Waals surface area contributed by atoms with Gasteiger partial charge >= 0.3 is 5.97 Å². The van der Waals surface area contributed by atoms with Crippen molar-refractivity contribution in [3.8, 4) is 0 Å². The van der Waals surface area contributed by atoms with Gasteiger partial charge in [-0.3, -0.25) is 0 Å². The van der Waals surface area contributed by atoms with Crippen LogP contribution in [0.5, 0.6) is 0 Å². The standard InChI is InChI=1S/C8H11NO3/c1-2-5-3-6(4-9)12-7(5)8(10)11/h3H,2,4,9H2,1H3,(H,10,11). The zero-order valence-corrected chi connectivity index (χ0v) is 6.83. The van der Waals surface area contributed by atoms with Crippen LogP contribution in [-0.2, 0) is 13.0 Å². The van der Waals surface area contributed by atoms with Crippen LogP contribution in [0.3, 0.4) is 0 Å². The minimum atomic E-state index is -1.04. The van der Waals surface area contributed by atoms with E-state index in [1.54, 1.807) is 6.07 Å². The van der Waals surface area contributed by atoms with Gasteiger partial charge in [-0.2, -0.15) is 0 Å². The first-order valence-corrected chi connectivity index (χ1v) is 3.74. The fourth-order valence-corrected chi connectivity index (χ4v) is 1.03. The second-order valence-electron chi connectivity index (χ2n) is 2.43. The lowest BCUT2D eigenvalue weighted by atomic mass is 10.2. The molecule has 1 rings (SSSR count). The molecule has 3 N–H and O–H groups in total. The molecule has 66 valence electrons. The van der Waals surface area contributed by atoms with Crippen molar-refractivity contribution in [2.24, 2.45) is 5.73 Å². The molecule has 0 radical (unpaired) electrons. The van der Waals surface area contributed by atoms with E-state index in [1.807, 2.05) is 6.92 Å². The van der Waals surface area contributed by atoms with Crippen LogP contribution < -0.4 is 5.73 Å². The maximum absolute atomic E-state index is 10.6. The Balaban J connectivity index is 3.08. The molecule has 0 bridgehead atoms. The first-order chi connectivity index (χ1) is 5.69. The van der Waals surface area contributed by atoms with Crippen LogP contribution in [0, 0.1) is 0 Å². The number of aryl methyl sites for hydroxylation is 1. The molecule has 0 atom stereocenters. The van der Waals surface area contributed by atoms with Crippen LogP contribution >= 0.6 is 0 Å². The van der Waals surface area contributed by atoms with E-state index in [9.17, 15) is 4.79 Å². The van der Waals surface area contributed by atoms with Crippen LogP contribution in [0.25, 0.3) is 0 Å². The quantitative estimate of drug-likeness (QED) is 0.707. The van der Waals surface area contributed by atoms with Crippen molar-refractivity contribution in [3.05, 3.63) is 23.2 Å². The van der Waals surface area contributed by atoms with Crippen LogP contribution in [-0.4, -0.2) is 11.1 Å². The van der Waals surface area contributed by atoms with Crippen molar-refractivity contribution in [1.82, 2.24) is 0 Å². The number of hydrogen-bond acceptors (Lipinski definition) is 3. The summed E-state index contributed by atoms with van der Waals surface area (Å²) in [6.45, 7) is 2.11. The van der Waals surface area contributed by atoms with Crippen molar-refractivity contribution in [2.45, 2.75) is 19.9 Å². The first kappa shape index (κ1) is 8.80. The number of aromatic carboxylic acids is 1. The van der Waals surface area contributed by atoms with Gasteiger partial charge in [-0.1, -0.05) is 6.92 Å². The normalized spacial score (nSPS) is 10.2. The summed E-state index contributed by atoms with van der Waals surface area (Å²) in [4.78, 5) is 10.6. The average Bonchev–Trinajstić information content (AvgIpc) is 2.47. The predicted molar refractivity (Wildman–Crippen MR) is 42.9 cm³/mol. The molecule has 1 aromatic rings. The summed E-state index contributed by atoms with van der Waals surface area (Å²) < 4.78 is 4.99. The fourth-order valence-electron chi connectivity index (χ4n) is 1.03. The van der Waals surface area contributed by atoms with E-state index in [2.05, 4.69) is 0 Å². The zero-order valence-electron chi connectivity index (χ0n) is 6.83. The number of carboxylic acids is 1. The van der Waals surface area contributed by atoms with Gasteiger partial charge in [0, 0.05) is 5.56 Å². The highest BCUT2D eigenvalue weighted by Crippen LogP contribution is 2.15. The van der Waals surface area contributed by atoms with Gasteiger partial charge in [0.1, 0.15) is 5.76 Å². The lowest BCUT2D eigenvalue weighted by Gasteiger charge is -1.90. The first-order valence-electron chi connectivity index (χ1n) is 3.74. The third-order valence-electron chi connectivity index (χ3n) is 1.64. The lowest BCUT2D eigenvalue weighted by Crippen LogP contribution is -1.97. The van der Waals surface area contributed by atoms with E-state index in [0.717, 1.165) is 0 Å². The molecule has 0 aliphatic carbocycles. The Bertz CT molecular complexity index is 290. The topological polar surface area (TPSA) is 76.5 Å². The monoisotopic (exact) mass is 169 g/mol. The van der Waals surface area contributed by atoms with Gasteiger partial charge < -0.3 is 15.3 Å². The number of carbonyl (C=O) groups is 1. The Morgan fingerprint density at radius 2 is 2.42 bits per heavy atom. The van der Waals surface area contributed by atoms with Gasteiger partial charge in [0.05, 0.1) is 6.54 Å². The Kier molecular flexibility index (Phi) is 2.50. The number of carboxylic acid groups (broad SMARTS) is 1. The Labute approximate surface area is 70.0 Å². The molecule has 1 aromatic heterocycles. The van der Waals surface area contributed by atoms with E-state index >= 15 is 0 Å². The molecular weight excluding hydrogens is 158 g/mol. The molecule has 0 aliphatic heterocycles. The molecular formula is C8H11NO3. The summed E-state index contributed by atoms with van der Waals surface area (Å²) in [7, 11) is 0. The van der Waals surface area contributed by atoms with Gasteiger partial charge in [-0.15, -0.1) is 0 Å². The molecule has 1 heterocycles. The van der Waals surface area contributed by atoms with Crippen LogP contribution in [0.2, 0.25) is 0 Å². The third kappa shape index (κ3) is 1.48. The summed E-state index contributed by atoms with van der Waals surface area (Å²) >= 11 is 0. The molecule has 0 unspecified atom stereocenters. The predicted octanol–water partition coefficient (Wildman–Crippen LogP) is 0.999. The molecule has 12 heavy (non-hydrogen) atoms. The molecule has 4 heteroatoms. The molecule has 0 saturated carbocycles. The molecule has 0 spiro atoms. The second kappa shape index (κ2) is 3.40. The summed E-state index contributed by atoms with van der Waals surface area (Å²) in [6, 6.07) is 1.68. The molecule has 4 nitrogen and oxygen atoms in total. The number of furan rings is 1. The number of rotatable bonds is 3. The van der Waals surface area contributed by atoms with Gasteiger partial charge in [0.2, 0.25) is 5.76 Å². The summed E-state index contributed by atoms with van der Waals surface area (Å²) in [5.41, 5.74) is 6.00. The maximum atomic E-state index is 10.6. The summed E-state index contributed by atoms with van der Waals surface area (Å²) in [6.07, 6.45) is 0.644. The van der Waals surface area contributed by atoms with Crippen LogP contribution in [0.4, 0.5) is 0 Å². The minimum absolute atomic E-state index is 0.0120. The van der Waals surface area contributed by atoms with E-state index in [0.29, 0.717) is 17.7 Å². The number of hydrogen-bond donors (Lipinski definition) is 2.